The van der Waals surface area contributed by atoms with Gasteiger partial charge in [0.15, 0.2) is 5.78 Å². The number of hydrogen-bond acceptors (Lipinski definition) is 3. The highest BCUT2D eigenvalue weighted by Crippen LogP contribution is 2.39. The van der Waals surface area contributed by atoms with Crippen LogP contribution in [0.3, 0.4) is 0 Å². The largest absolute Gasteiger partial charge is 0.494 e. The quantitative estimate of drug-likeness (QED) is 0.832. The van der Waals surface area contributed by atoms with Crippen LogP contribution in [0.5, 0.6) is 5.75 Å². The van der Waals surface area contributed by atoms with E-state index in [4.69, 9.17) is 10.5 Å². The summed E-state index contributed by atoms with van der Waals surface area (Å²) in [7, 11) is 0. The van der Waals surface area contributed by atoms with E-state index >= 15 is 0 Å². The second-order valence-corrected chi connectivity index (χ2v) is 5.20. The van der Waals surface area contributed by atoms with E-state index in [0.29, 0.717) is 6.61 Å². The van der Waals surface area contributed by atoms with Crippen LogP contribution < -0.4 is 10.5 Å². The van der Waals surface area contributed by atoms with Crippen LogP contribution in [-0.2, 0) is 0 Å². The Morgan fingerprint density at radius 1 is 1.44 bits per heavy atom. The Labute approximate surface area is 108 Å². The molecular weight excluding hydrogens is 226 g/mol. The molecule has 0 amide bonds. The number of carbonyl (C=O) groups is 1. The lowest BCUT2D eigenvalue weighted by molar-refractivity contribution is 0.0802. The summed E-state index contributed by atoms with van der Waals surface area (Å²) in [4.78, 5) is 12.5. The topological polar surface area (TPSA) is 52.3 Å². The maximum absolute atomic E-state index is 12.5. The van der Waals surface area contributed by atoms with Crippen molar-refractivity contribution in [3.8, 4) is 5.75 Å². The summed E-state index contributed by atoms with van der Waals surface area (Å²) in [5.41, 5.74) is 6.42. The predicted octanol–water partition coefficient (Wildman–Crippen LogP) is 2.79. The molecule has 2 atom stereocenters. The predicted molar refractivity (Wildman–Crippen MR) is 71.9 cm³/mol. The smallest absolute Gasteiger partial charge is 0.170 e. The minimum absolute atomic E-state index is 0.0171. The van der Waals surface area contributed by atoms with Gasteiger partial charge in [0.25, 0.3) is 0 Å². The zero-order valence-corrected chi connectivity index (χ0v) is 11.1. The minimum Gasteiger partial charge on any atom is -0.494 e. The molecule has 0 bridgehead atoms. The molecule has 98 valence electrons. The van der Waals surface area contributed by atoms with Gasteiger partial charge in [-0.25, -0.2) is 0 Å². The van der Waals surface area contributed by atoms with Crippen molar-refractivity contribution in [1.29, 1.82) is 0 Å². The molecule has 1 aromatic carbocycles. The van der Waals surface area contributed by atoms with Crippen molar-refractivity contribution in [3.05, 3.63) is 29.8 Å². The van der Waals surface area contributed by atoms with Crippen LogP contribution in [0.1, 0.15) is 43.5 Å². The second kappa shape index (κ2) is 5.11. The molecule has 1 saturated carbocycles. The third-order valence-corrected chi connectivity index (χ3v) is 3.98. The maximum atomic E-state index is 12.5. The first-order valence-corrected chi connectivity index (χ1v) is 6.61. The number of Topliss-reactive ketones (excluding diaryl/α,β-unsaturated/α-hetero) is 1. The summed E-state index contributed by atoms with van der Waals surface area (Å²) in [6.07, 6.45) is 2.87. The van der Waals surface area contributed by atoms with Gasteiger partial charge < -0.3 is 10.5 Å². The maximum Gasteiger partial charge on any atom is 0.170 e. The van der Waals surface area contributed by atoms with E-state index in [1.807, 2.05) is 38.1 Å². The van der Waals surface area contributed by atoms with Crippen molar-refractivity contribution >= 4 is 5.78 Å². The second-order valence-electron chi connectivity index (χ2n) is 5.20. The Hall–Kier alpha value is -1.35. The lowest BCUT2D eigenvalue weighted by Crippen LogP contribution is -2.41. The number of nitrogens with two attached hydrogens (primary N) is 1. The van der Waals surface area contributed by atoms with Gasteiger partial charge in [-0.05, 0) is 44.0 Å². The Morgan fingerprint density at radius 3 is 2.61 bits per heavy atom. The van der Waals surface area contributed by atoms with Gasteiger partial charge in [0.05, 0.1) is 6.61 Å². The van der Waals surface area contributed by atoms with Gasteiger partial charge in [-0.3, -0.25) is 4.79 Å². The molecule has 0 spiro atoms. The normalized spacial score (nSPS) is 27.2. The fourth-order valence-electron chi connectivity index (χ4n) is 2.67. The van der Waals surface area contributed by atoms with Crippen molar-refractivity contribution < 1.29 is 9.53 Å². The third kappa shape index (κ3) is 2.27. The molecule has 3 nitrogen and oxygen atoms in total. The van der Waals surface area contributed by atoms with Crippen LogP contribution in [0.2, 0.25) is 0 Å². The van der Waals surface area contributed by atoms with E-state index in [0.717, 1.165) is 30.6 Å². The summed E-state index contributed by atoms with van der Waals surface area (Å²) in [6, 6.07) is 7.35. The van der Waals surface area contributed by atoms with Gasteiger partial charge in [0.2, 0.25) is 0 Å². The van der Waals surface area contributed by atoms with E-state index in [1.54, 1.807) is 0 Å². The van der Waals surface area contributed by atoms with Gasteiger partial charge in [-0.1, -0.05) is 13.3 Å². The number of carbonyl (C=O) groups excluding carboxylic acids is 1. The number of rotatable bonds is 4. The molecule has 2 unspecified atom stereocenters. The van der Waals surface area contributed by atoms with E-state index in [-0.39, 0.29) is 11.8 Å². The summed E-state index contributed by atoms with van der Waals surface area (Å²) in [5.74, 6) is 0.963. The standard InChI is InChI=1S/C15H21NO2/c1-3-18-12-8-6-11(7-9-12)14(17)15(2)10-4-5-13(15)16/h6-9,13H,3-5,10,16H2,1-2H3. The average Bonchev–Trinajstić information content (AvgIpc) is 2.71. The zero-order chi connectivity index (χ0) is 13.2. The molecule has 18 heavy (non-hydrogen) atoms. The van der Waals surface area contributed by atoms with Crippen LogP contribution in [0, 0.1) is 5.41 Å². The number of ketones is 1. The van der Waals surface area contributed by atoms with Crippen LogP contribution in [0.15, 0.2) is 24.3 Å². The molecule has 0 radical (unpaired) electrons. The zero-order valence-electron chi connectivity index (χ0n) is 11.1. The van der Waals surface area contributed by atoms with Crippen molar-refractivity contribution in [3.63, 3.8) is 0 Å². The number of ether oxygens (including phenoxy) is 1. The molecule has 0 saturated heterocycles. The molecule has 0 aliphatic heterocycles. The Bertz CT molecular complexity index is 427. The van der Waals surface area contributed by atoms with E-state index in [9.17, 15) is 4.79 Å². The molecule has 0 aromatic heterocycles. The first kappa shape index (κ1) is 13.1. The molecule has 1 aromatic rings. The van der Waals surface area contributed by atoms with E-state index < -0.39 is 5.41 Å². The summed E-state index contributed by atoms with van der Waals surface area (Å²) in [6.45, 7) is 4.57. The van der Waals surface area contributed by atoms with Crippen molar-refractivity contribution in [2.24, 2.45) is 11.1 Å². The molecule has 1 fully saturated rings. The molecule has 2 N–H and O–H groups in total. The van der Waals surface area contributed by atoms with Gasteiger partial charge in [0, 0.05) is 17.0 Å². The van der Waals surface area contributed by atoms with Crippen molar-refractivity contribution in [2.75, 3.05) is 6.61 Å². The van der Waals surface area contributed by atoms with Crippen LogP contribution in [0.4, 0.5) is 0 Å². The SMILES string of the molecule is CCOc1ccc(C(=O)C2(C)CCCC2N)cc1. The summed E-state index contributed by atoms with van der Waals surface area (Å²) >= 11 is 0. The monoisotopic (exact) mass is 247 g/mol. The summed E-state index contributed by atoms with van der Waals surface area (Å²) < 4.78 is 5.38. The number of benzene rings is 1. The highest BCUT2D eigenvalue weighted by atomic mass is 16.5. The molecule has 3 heteroatoms. The van der Waals surface area contributed by atoms with Crippen LogP contribution >= 0.6 is 0 Å². The highest BCUT2D eigenvalue weighted by Gasteiger charge is 2.42. The summed E-state index contributed by atoms with van der Waals surface area (Å²) in [5, 5.41) is 0. The van der Waals surface area contributed by atoms with Gasteiger partial charge in [0.1, 0.15) is 5.75 Å². The van der Waals surface area contributed by atoms with Crippen LogP contribution in [-0.4, -0.2) is 18.4 Å². The molecule has 1 aliphatic carbocycles. The van der Waals surface area contributed by atoms with Gasteiger partial charge in [-0.2, -0.15) is 0 Å². The highest BCUT2D eigenvalue weighted by molar-refractivity contribution is 6.01. The molecule has 0 heterocycles. The van der Waals surface area contributed by atoms with Gasteiger partial charge >= 0.3 is 0 Å². The van der Waals surface area contributed by atoms with E-state index in [1.165, 1.54) is 0 Å². The van der Waals surface area contributed by atoms with Gasteiger partial charge in [-0.15, -0.1) is 0 Å². The lowest BCUT2D eigenvalue weighted by Gasteiger charge is -2.27. The Morgan fingerprint density at radius 2 is 2.11 bits per heavy atom. The van der Waals surface area contributed by atoms with Crippen molar-refractivity contribution in [2.45, 2.75) is 39.2 Å². The first-order chi connectivity index (χ1) is 8.58. The minimum atomic E-state index is -0.396. The average molecular weight is 247 g/mol. The molecule has 2 rings (SSSR count). The fraction of sp³-hybridized carbons (Fsp3) is 0.533. The third-order valence-electron chi connectivity index (χ3n) is 3.98. The Balaban J connectivity index is 2.18. The fourth-order valence-corrected chi connectivity index (χ4v) is 2.67. The number of hydrogen-bond donors (Lipinski definition) is 1. The van der Waals surface area contributed by atoms with Crippen molar-refractivity contribution in [1.82, 2.24) is 0 Å². The molecular formula is C15H21NO2. The molecule has 1 aliphatic rings. The Kier molecular flexibility index (Phi) is 3.71. The first-order valence-electron chi connectivity index (χ1n) is 6.61. The van der Waals surface area contributed by atoms with Crippen LogP contribution in [0.25, 0.3) is 0 Å². The van der Waals surface area contributed by atoms with E-state index in [2.05, 4.69) is 0 Å². The lowest BCUT2D eigenvalue weighted by atomic mass is 9.78.